The first-order valence-electron chi connectivity index (χ1n) is 16.0. The summed E-state index contributed by atoms with van der Waals surface area (Å²) in [6.45, 7) is 0. The highest BCUT2D eigenvalue weighted by atomic mass is 15.2. The predicted molar refractivity (Wildman–Crippen MR) is 194 cm³/mol. The molecule has 0 unspecified atom stereocenters. The average Bonchev–Trinajstić information content (AvgIpc) is 3.48. The van der Waals surface area contributed by atoms with Gasteiger partial charge in [0.05, 0.1) is 33.6 Å². The summed E-state index contributed by atoms with van der Waals surface area (Å²) in [4.78, 5) is 23.1. The third-order valence-corrected chi connectivity index (χ3v) is 9.14. The molecule has 0 spiro atoms. The van der Waals surface area contributed by atoms with E-state index in [2.05, 4.69) is 107 Å². The van der Waals surface area contributed by atoms with Crippen molar-refractivity contribution in [3.63, 3.8) is 0 Å². The zero-order chi connectivity index (χ0) is 31.6. The molecule has 6 heteroatoms. The van der Waals surface area contributed by atoms with Crippen LogP contribution in [-0.2, 0) is 0 Å². The van der Waals surface area contributed by atoms with E-state index in [9.17, 15) is 0 Å². The van der Waals surface area contributed by atoms with Crippen LogP contribution in [0.25, 0.3) is 72.7 Å². The van der Waals surface area contributed by atoms with Crippen LogP contribution in [0.15, 0.2) is 158 Å². The maximum atomic E-state index is 5.52. The summed E-state index contributed by atoms with van der Waals surface area (Å²) in [6, 6.07) is 54.3. The standard InChI is InChI=1S/C42H26N6/c1-4-14-28(15-5-1)40-44-41(29-16-6-2-7-17-29)46-42(45-40)48-33-24-11-10-22-31(33)38-36(48)26-35-39(43-38)32-23-12-18-27-19-13-25-34(37(27)32)47(35)30-20-8-3-9-21-30/h1-26H. The number of hydrogen-bond acceptors (Lipinski definition) is 5. The van der Waals surface area contributed by atoms with Crippen LogP contribution in [0.2, 0.25) is 0 Å². The molecule has 0 saturated heterocycles. The topological polar surface area (TPSA) is 59.7 Å². The monoisotopic (exact) mass is 614 g/mol. The van der Waals surface area contributed by atoms with Crippen molar-refractivity contribution in [2.24, 2.45) is 0 Å². The number of hydrogen-bond donors (Lipinski definition) is 0. The molecule has 0 atom stereocenters. The van der Waals surface area contributed by atoms with Gasteiger partial charge in [0, 0.05) is 33.2 Å². The van der Waals surface area contributed by atoms with E-state index in [4.69, 9.17) is 19.9 Å². The first-order valence-corrected chi connectivity index (χ1v) is 16.0. The fourth-order valence-electron chi connectivity index (χ4n) is 7.03. The van der Waals surface area contributed by atoms with Crippen molar-refractivity contribution >= 4 is 49.8 Å². The molecule has 4 heterocycles. The number of nitrogens with zero attached hydrogens (tertiary/aromatic N) is 6. The highest BCUT2D eigenvalue weighted by molar-refractivity contribution is 6.16. The van der Waals surface area contributed by atoms with E-state index in [1.165, 1.54) is 10.8 Å². The Morgan fingerprint density at radius 2 is 1.08 bits per heavy atom. The minimum Gasteiger partial charge on any atom is -0.308 e. The normalized spacial score (nSPS) is 12.1. The zero-order valence-electron chi connectivity index (χ0n) is 25.7. The van der Waals surface area contributed by atoms with Gasteiger partial charge in [-0.25, -0.2) is 9.97 Å². The van der Waals surface area contributed by atoms with Crippen LogP contribution in [0.5, 0.6) is 0 Å². The van der Waals surface area contributed by atoms with E-state index < -0.39 is 0 Å². The Labute approximate surface area is 276 Å². The van der Waals surface area contributed by atoms with Crippen LogP contribution in [-0.4, -0.2) is 24.5 Å². The Bertz CT molecular complexity index is 2600. The highest BCUT2D eigenvalue weighted by Crippen LogP contribution is 2.51. The van der Waals surface area contributed by atoms with Crippen LogP contribution < -0.4 is 4.90 Å². The second-order valence-electron chi connectivity index (χ2n) is 11.9. The number of para-hydroxylation sites is 2. The molecule has 48 heavy (non-hydrogen) atoms. The molecule has 3 aromatic heterocycles. The molecule has 0 radical (unpaired) electrons. The molecular formula is C42H26N6. The summed E-state index contributed by atoms with van der Waals surface area (Å²) in [6.07, 6.45) is 0. The van der Waals surface area contributed by atoms with Gasteiger partial charge in [-0.2, -0.15) is 9.97 Å². The Hall–Kier alpha value is -6.66. The molecule has 224 valence electrons. The second-order valence-corrected chi connectivity index (χ2v) is 11.9. The van der Waals surface area contributed by atoms with Crippen LogP contribution in [0.1, 0.15) is 0 Å². The summed E-state index contributed by atoms with van der Waals surface area (Å²) in [5.41, 5.74) is 9.93. The lowest BCUT2D eigenvalue weighted by atomic mass is 9.93. The molecule has 0 aliphatic carbocycles. The van der Waals surface area contributed by atoms with Crippen molar-refractivity contribution in [3.8, 4) is 40.0 Å². The molecular weight excluding hydrogens is 589 g/mol. The lowest BCUT2D eigenvalue weighted by Gasteiger charge is -2.33. The van der Waals surface area contributed by atoms with Crippen molar-refractivity contribution in [3.05, 3.63) is 158 Å². The molecule has 0 N–H and O–H groups in total. The van der Waals surface area contributed by atoms with Crippen molar-refractivity contribution in [2.75, 3.05) is 4.90 Å². The fraction of sp³-hybridized carbons (Fsp3) is 0. The quantitative estimate of drug-likeness (QED) is 0.197. The molecule has 10 rings (SSSR count). The molecule has 0 bridgehead atoms. The second kappa shape index (κ2) is 10.4. The summed E-state index contributed by atoms with van der Waals surface area (Å²) in [5, 5.41) is 3.42. The third kappa shape index (κ3) is 3.99. The van der Waals surface area contributed by atoms with Gasteiger partial charge in [0.25, 0.3) is 0 Å². The summed E-state index contributed by atoms with van der Waals surface area (Å²) in [5.74, 6) is 1.77. The van der Waals surface area contributed by atoms with E-state index in [-0.39, 0.29) is 0 Å². The molecule has 1 aliphatic heterocycles. The van der Waals surface area contributed by atoms with Crippen molar-refractivity contribution in [1.29, 1.82) is 0 Å². The van der Waals surface area contributed by atoms with E-state index in [1.807, 2.05) is 60.7 Å². The van der Waals surface area contributed by atoms with Gasteiger partial charge in [0.1, 0.15) is 0 Å². The summed E-state index contributed by atoms with van der Waals surface area (Å²) < 4.78 is 2.14. The molecule has 6 nitrogen and oxygen atoms in total. The lowest BCUT2D eigenvalue weighted by molar-refractivity contribution is 0.952. The molecule has 9 aromatic rings. The Morgan fingerprint density at radius 3 is 1.79 bits per heavy atom. The van der Waals surface area contributed by atoms with Gasteiger partial charge in [-0.3, -0.25) is 4.57 Å². The number of aromatic nitrogens is 5. The highest BCUT2D eigenvalue weighted by Gasteiger charge is 2.29. The zero-order valence-corrected chi connectivity index (χ0v) is 25.7. The Balaban J connectivity index is 1.31. The van der Waals surface area contributed by atoms with E-state index in [0.29, 0.717) is 17.6 Å². The van der Waals surface area contributed by atoms with Gasteiger partial charge < -0.3 is 4.90 Å². The lowest BCUT2D eigenvalue weighted by Crippen LogP contribution is -2.16. The third-order valence-electron chi connectivity index (χ3n) is 9.14. The van der Waals surface area contributed by atoms with Gasteiger partial charge >= 0.3 is 0 Å². The summed E-state index contributed by atoms with van der Waals surface area (Å²) >= 11 is 0. The van der Waals surface area contributed by atoms with E-state index in [1.54, 1.807) is 0 Å². The van der Waals surface area contributed by atoms with E-state index >= 15 is 0 Å². The van der Waals surface area contributed by atoms with Crippen molar-refractivity contribution < 1.29 is 0 Å². The van der Waals surface area contributed by atoms with Crippen molar-refractivity contribution in [1.82, 2.24) is 24.5 Å². The van der Waals surface area contributed by atoms with Gasteiger partial charge in [-0.1, -0.05) is 127 Å². The maximum absolute atomic E-state index is 5.52. The van der Waals surface area contributed by atoms with Crippen LogP contribution >= 0.6 is 0 Å². The van der Waals surface area contributed by atoms with Crippen LogP contribution in [0.4, 0.5) is 17.1 Å². The van der Waals surface area contributed by atoms with Crippen LogP contribution in [0, 0.1) is 0 Å². The van der Waals surface area contributed by atoms with E-state index in [0.717, 1.165) is 61.4 Å². The molecule has 0 saturated carbocycles. The average molecular weight is 615 g/mol. The molecule has 0 fully saturated rings. The number of fused-ring (bicyclic) bond motifs is 5. The molecule has 0 amide bonds. The van der Waals surface area contributed by atoms with Crippen LogP contribution in [0.3, 0.4) is 0 Å². The maximum Gasteiger partial charge on any atom is 0.238 e. The fourth-order valence-corrected chi connectivity index (χ4v) is 7.03. The number of pyridine rings is 1. The van der Waals surface area contributed by atoms with Gasteiger partial charge in [-0.15, -0.1) is 0 Å². The van der Waals surface area contributed by atoms with Gasteiger partial charge in [-0.05, 0) is 35.7 Å². The Morgan fingerprint density at radius 1 is 0.458 bits per heavy atom. The smallest absolute Gasteiger partial charge is 0.238 e. The SMILES string of the molecule is c1ccc(-c2nc(-c3ccccc3)nc(-n3c4ccccc4c4nc5c(cc43)N(c3ccccc3)c3cccc4cccc-5c34)n2)cc1. The minimum atomic E-state index is 0.542. The number of anilines is 3. The van der Waals surface area contributed by atoms with Gasteiger partial charge in [0.15, 0.2) is 11.6 Å². The van der Waals surface area contributed by atoms with Crippen molar-refractivity contribution in [2.45, 2.75) is 0 Å². The summed E-state index contributed by atoms with van der Waals surface area (Å²) in [7, 11) is 0. The largest absolute Gasteiger partial charge is 0.308 e. The number of rotatable bonds is 4. The first kappa shape index (κ1) is 26.5. The van der Waals surface area contributed by atoms with Gasteiger partial charge in [0.2, 0.25) is 5.95 Å². The number of benzene rings is 6. The Kier molecular flexibility index (Phi) is 5.77. The predicted octanol–water partition coefficient (Wildman–Crippen LogP) is 10.3. The minimum absolute atomic E-state index is 0.542. The first-order chi connectivity index (χ1) is 23.8. The molecule has 6 aromatic carbocycles. The molecule has 1 aliphatic rings.